The number of nitriles is 1. The minimum atomic E-state index is 0.0423. The van der Waals surface area contributed by atoms with Crippen molar-refractivity contribution in [1.82, 2.24) is 5.32 Å². The number of ether oxygens (including phenoxy) is 3. The van der Waals surface area contributed by atoms with Gasteiger partial charge in [-0.05, 0) is 24.6 Å². The molecule has 0 aliphatic heterocycles. The van der Waals surface area contributed by atoms with Crippen LogP contribution >= 0.6 is 0 Å². The summed E-state index contributed by atoms with van der Waals surface area (Å²) in [5.41, 5.74) is 1.15. The molecule has 20 heavy (non-hydrogen) atoms. The molecular formula is C15H22N2O3. The van der Waals surface area contributed by atoms with Crippen LogP contribution < -0.4 is 10.1 Å². The van der Waals surface area contributed by atoms with Gasteiger partial charge in [0.1, 0.15) is 11.8 Å². The van der Waals surface area contributed by atoms with Crippen molar-refractivity contribution in [3.05, 3.63) is 29.8 Å². The average Bonchev–Trinajstić information content (AvgIpc) is 2.49. The third-order valence-electron chi connectivity index (χ3n) is 3.02. The van der Waals surface area contributed by atoms with Crippen LogP contribution in [-0.2, 0) is 9.47 Å². The topological polar surface area (TPSA) is 63.5 Å². The monoisotopic (exact) mass is 278 g/mol. The predicted molar refractivity (Wildman–Crippen MR) is 76.6 cm³/mol. The average molecular weight is 278 g/mol. The smallest absolute Gasteiger partial charge is 0.174 e. The largest absolute Gasteiger partial charge is 0.479 e. The van der Waals surface area contributed by atoms with E-state index in [1.54, 1.807) is 14.2 Å². The summed E-state index contributed by atoms with van der Waals surface area (Å²) in [6.07, 6.45) is 0.0423. The highest BCUT2D eigenvalue weighted by Crippen LogP contribution is 2.17. The number of hydrogen-bond donors (Lipinski definition) is 1. The van der Waals surface area contributed by atoms with Crippen LogP contribution in [0.2, 0.25) is 0 Å². The lowest BCUT2D eigenvalue weighted by Gasteiger charge is -2.19. The van der Waals surface area contributed by atoms with Gasteiger partial charge in [-0.2, -0.15) is 5.26 Å². The molecule has 0 aromatic heterocycles. The molecule has 0 spiro atoms. The number of hydrogen-bond acceptors (Lipinski definition) is 5. The fraction of sp³-hybridized carbons (Fsp3) is 0.533. The Morgan fingerprint density at radius 2 is 1.95 bits per heavy atom. The third kappa shape index (κ3) is 5.57. The standard InChI is InChI=1S/C15H22N2O3/c1-12(17-10-15(19-3)11-18-2)13-4-6-14(7-5-13)20-9-8-16/h4-7,12,15,17H,9-11H2,1-3H3. The Kier molecular flexibility index (Phi) is 7.66. The Labute approximate surface area is 120 Å². The Morgan fingerprint density at radius 1 is 1.25 bits per heavy atom. The van der Waals surface area contributed by atoms with Gasteiger partial charge in [-0.25, -0.2) is 0 Å². The lowest BCUT2D eigenvalue weighted by molar-refractivity contribution is 0.0276. The molecule has 0 aliphatic rings. The summed E-state index contributed by atoms with van der Waals surface area (Å²) in [6, 6.07) is 9.86. The summed E-state index contributed by atoms with van der Waals surface area (Å²) < 4.78 is 15.6. The van der Waals surface area contributed by atoms with E-state index in [1.165, 1.54) is 0 Å². The highest BCUT2D eigenvalue weighted by molar-refractivity contribution is 5.29. The van der Waals surface area contributed by atoms with E-state index in [1.807, 2.05) is 30.3 Å². The normalized spacial score (nSPS) is 13.5. The molecule has 2 atom stereocenters. The van der Waals surface area contributed by atoms with E-state index >= 15 is 0 Å². The second-order valence-electron chi connectivity index (χ2n) is 4.46. The number of nitrogens with one attached hydrogen (secondary N) is 1. The van der Waals surface area contributed by atoms with E-state index < -0.39 is 0 Å². The zero-order chi connectivity index (χ0) is 14.8. The summed E-state index contributed by atoms with van der Waals surface area (Å²) in [4.78, 5) is 0. The summed E-state index contributed by atoms with van der Waals surface area (Å²) in [5.74, 6) is 0.705. The first kappa shape index (κ1) is 16.4. The Bertz CT molecular complexity index is 414. The van der Waals surface area contributed by atoms with Crippen molar-refractivity contribution in [1.29, 1.82) is 5.26 Å². The van der Waals surface area contributed by atoms with E-state index in [2.05, 4.69) is 12.2 Å². The summed E-state index contributed by atoms with van der Waals surface area (Å²) in [6.45, 7) is 3.44. The molecule has 0 radical (unpaired) electrons. The maximum absolute atomic E-state index is 8.45. The van der Waals surface area contributed by atoms with Gasteiger partial charge in [-0.15, -0.1) is 0 Å². The Morgan fingerprint density at radius 3 is 2.50 bits per heavy atom. The van der Waals surface area contributed by atoms with Gasteiger partial charge in [0.2, 0.25) is 0 Å². The molecule has 5 nitrogen and oxygen atoms in total. The van der Waals surface area contributed by atoms with E-state index in [9.17, 15) is 0 Å². The highest BCUT2D eigenvalue weighted by Gasteiger charge is 2.10. The minimum absolute atomic E-state index is 0.0423. The van der Waals surface area contributed by atoms with Crippen LogP contribution in [0.1, 0.15) is 18.5 Å². The molecule has 1 aromatic carbocycles. The van der Waals surface area contributed by atoms with Crippen molar-refractivity contribution in [3.8, 4) is 11.8 Å². The van der Waals surface area contributed by atoms with Crippen LogP contribution in [-0.4, -0.2) is 40.1 Å². The fourth-order valence-electron chi connectivity index (χ4n) is 1.79. The van der Waals surface area contributed by atoms with E-state index in [4.69, 9.17) is 19.5 Å². The van der Waals surface area contributed by atoms with E-state index in [-0.39, 0.29) is 18.8 Å². The molecule has 2 unspecified atom stereocenters. The lowest BCUT2D eigenvalue weighted by atomic mass is 10.1. The van der Waals surface area contributed by atoms with E-state index in [0.717, 1.165) is 12.1 Å². The zero-order valence-corrected chi connectivity index (χ0v) is 12.3. The molecule has 110 valence electrons. The fourth-order valence-corrected chi connectivity index (χ4v) is 1.79. The molecule has 0 bridgehead atoms. The molecule has 1 rings (SSSR count). The van der Waals surface area contributed by atoms with E-state index in [0.29, 0.717) is 12.4 Å². The summed E-state index contributed by atoms with van der Waals surface area (Å²) in [7, 11) is 3.34. The molecule has 0 saturated heterocycles. The Balaban J connectivity index is 2.46. The molecule has 0 aliphatic carbocycles. The third-order valence-corrected chi connectivity index (χ3v) is 3.02. The van der Waals surface area contributed by atoms with Gasteiger partial charge in [0.25, 0.3) is 0 Å². The number of rotatable bonds is 9. The van der Waals surface area contributed by atoms with Gasteiger partial charge in [-0.3, -0.25) is 0 Å². The number of benzene rings is 1. The van der Waals surface area contributed by atoms with Crippen LogP contribution in [0, 0.1) is 11.3 Å². The van der Waals surface area contributed by atoms with Gasteiger partial charge in [-0.1, -0.05) is 12.1 Å². The maximum atomic E-state index is 8.45. The van der Waals surface area contributed by atoms with Crippen LogP contribution in [0.25, 0.3) is 0 Å². The van der Waals surface area contributed by atoms with Crippen molar-refractivity contribution in [2.24, 2.45) is 0 Å². The van der Waals surface area contributed by atoms with Gasteiger partial charge >= 0.3 is 0 Å². The maximum Gasteiger partial charge on any atom is 0.174 e. The van der Waals surface area contributed by atoms with Crippen LogP contribution in [0.4, 0.5) is 0 Å². The van der Waals surface area contributed by atoms with Crippen LogP contribution in [0.3, 0.4) is 0 Å². The number of methoxy groups -OCH3 is 2. The molecular weight excluding hydrogens is 256 g/mol. The molecule has 0 heterocycles. The first-order chi connectivity index (χ1) is 9.71. The van der Waals surface area contributed by atoms with Crippen LogP contribution in [0.5, 0.6) is 5.75 Å². The summed E-state index contributed by atoms with van der Waals surface area (Å²) in [5, 5.41) is 11.9. The quantitative estimate of drug-likeness (QED) is 0.747. The second-order valence-corrected chi connectivity index (χ2v) is 4.46. The van der Waals surface area contributed by atoms with Crippen LogP contribution in [0.15, 0.2) is 24.3 Å². The van der Waals surface area contributed by atoms with Gasteiger partial charge in [0.05, 0.1) is 12.7 Å². The van der Waals surface area contributed by atoms with Gasteiger partial charge in [0, 0.05) is 26.8 Å². The first-order valence-electron chi connectivity index (χ1n) is 6.56. The summed E-state index contributed by atoms with van der Waals surface area (Å²) >= 11 is 0. The van der Waals surface area contributed by atoms with Crippen molar-refractivity contribution in [2.75, 3.05) is 34.0 Å². The molecule has 0 amide bonds. The molecule has 1 aromatic rings. The van der Waals surface area contributed by atoms with Gasteiger partial charge in [0.15, 0.2) is 6.61 Å². The van der Waals surface area contributed by atoms with Gasteiger partial charge < -0.3 is 19.5 Å². The minimum Gasteiger partial charge on any atom is -0.479 e. The molecule has 5 heteroatoms. The Hall–Kier alpha value is -1.61. The highest BCUT2D eigenvalue weighted by atomic mass is 16.5. The zero-order valence-electron chi connectivity index (χ0n) is 12.3. The molecule has 1 N–H and O–H groups in total. The van der Waals surface area contributed by atoms with Crippen molar-refractivity contribution in [3.63, 3.8) is 0 Å². The predicted octanol–water partition coefficient (Wildman–Crippen LogP) is 1.90. The van der Waals surface area contributed by atoms with Crippen molar-refractivity contribution >= 4 is 0 Å². The molecule has 0 saturated carbocycles. The number of nitrogens with zero attached hydrogens (tertiary/aromatic N) is 1. The SMILES string of the molecule is COCC(CNC(C)c1ccc(OCC#N)cc1)OC. The lowest BCUT2D eigenvalue weighted by Crippen LogP contribution is -2.33. The first-order valence-corrected chi connectivity index (χ1v) is 6.56. The van der Waals surface area contributed by atoms with Crippen molar-refractivity contribution < 1.29 is 14.2 Å². The second kappa shape index (κ2) is 9.32. The van der Waals surface area contributed by atoms with Crippen molar-refractivity contribution in [2.45, 2.75) is 19.1 Å². The molecule has 0 fully saturated rings.